The van der Waals surface area contributed by atoms with Crippen molar-refractivity contribution >= 4 is 0 Å². The molecule has 1 unspecified atom stereocenters. The molecule has 1 aromatic rings. The van der Waals surface area contributed by atoms with Gasteiger partial charge in [-0.3, -0.25) is 0 Å². The van der Waals surface area contributed by atoms with Crippen LogP contribution in [0.1, 0.15) is 43.7 Å². The van der Waals surface area contributed by atoms with Crippen molar-refractivity contribution in [3.63, 3.8) is 0 Å². The second-order valence-electron chi connectivity index (χ2n) is 5.41. The Balaban J connectivity index is 2.04. The van der Waals surface area contributed by atoms with E-state index < -0.39 is 6.36 Å². The predicted molar refractivity (Wildman–Crippen MR) is 74.9 cm³/mol. The Morgan fingerprint density at radius 1 is 1.24 bits per heavy atom. The van der Waals surface area contributed by atoms with Crippen molar-refractivity contribution in [3.05, 3.63) is 29.8 Å². The van der Waals surface area contributed by atoms with Gasteiger partial charge in [0.05, 0.1) is 0 Å². The topological polar surface area (TPSA) is 47.3 Å². The summed E-state index contributed by atoms with van der Waals surface area (Å²) in [5, 5.41) is 3.45. The van der Waals surface area contributed by atoms with Crippen LogP contribution >= 0.6 is 0 Å². The van der Waals surface area contributed by atoms with Crippen LogP contribution < -0.4 is 15.8 Å². The minimum absolute atomic E-state index is 0.148. The lowest BCUT2D eigenvalue weighted by Gasteiger charge is -2.28. The molecular formula is C15H21F3N2O. The zero-order chi connectivity index (χ0) is 15.3. The summed E-state index contributed by atoms with van der Waals surface area (Å²) in [7, 11) is 0. The van der Waals surface area contributed by atoms with E-state index in [-0.39, 0.29) is 11.8 Å². The van der Waals surface area contributed by atoms with Gasteiger partial charge in [0, 0.05) is 18.6 Å². The first kappa shape index (κ1) is 16.1. The van der Waals surface area contributed by atoms with E-state index in [1.807, 2.05) is 0 Å². The Morgan fingerprint density at radius 3 is 2.57 bits per heavy atom. The van der Waals surface area contributed by atoms with Crippen molar-refractivity contribution in [2.75, 3.05) is 6.54 Å². The highest BCUT2D eigenvalue weighted by Gasteiger charge is 2.31. The van der Waals surface area contributed by atoms with Gasteiger partial charge in [-0.1, -0.05) is 31.4 Å². The molecule has 1 aliphatic rings. The monoisotopic (exact) mass is 302 g/mol. The Morgan fingerprint density at radius 2 is 1.95 bits per heavy atom. The molecule has 1 saturated carbocycles. The number of hydrogen-bond acceptors (Lipinski definition) is 3. The zero-order valence-corrected chi connectivity index (χ0v) is 11.8. The summed E-state index contributed by atoms with van der Waals surface area (Å²) >= 11 is 0. The highest BCUT2D eigenvalue weighted by Crippen LogP contribution is 2.26. The van der Waals surface area contributed by atoms with E-state index in [9.17, 15) is 13.2 Å². The molecule has 1 fully saturated rings. The van der Waals surface area contributed by atoms with Crippen molar-refractivity contribution in [1.29, 1.82) is 0 Å². The van der Waals surface area contributed by atoms with Crippen LogP contribution in [0.15, 0.2) is 24.3 Å². The summed E-state index contributed by atoms with van der Waals surface area (Å²) < 4.78 is 40.8. The van der Waals surface area contributed by atoms with E-state index in [4.69, 9.17) is 5.73 Å². The van der Waals surface area contributed by atoms with E-state index in [1.165, 1.54) is 31.4 Å². The third-order valence-corrected chi connectivity index (χ3v) is 3.77. The third-order valence-electron chi connectivity index (χ3n) is 3.77. The average molecular weight is 302 g/mol. The zero-order valence-electron chi connectivity index (χ0n) is 11.8. The molecule has 21 heavy (non-hydrogen) atoms. The van der Waals surface area contributed by atoms with E-state index in [1.54, 1.807) is 12.1 Å². The number of alkyl halides is 3. The van der Waals surface area contributed by atoms with Crippen LogP contribution in [-0.4, -0.2) is 18.9 Å². The summed E-state index contributed by atoms with van der Waals surface area (Å²) in [4.78, 5) is 0. The van der Waals surface area contributed by atoms with Crippen molar-refractivity contribution in [1.82, 2.24) is 5.32 Å². The van der Waals surface area contributed by atoms with Gasteiger partial charge in [-0.05, 0) is 30.5 Å². The fourth-order valence-corrected chi connectivity index (χ4v) is 2.78. The summed E-state index contributed by atoms with van der Waals surface area (Å²) in [6.45, 7) is 0.339. The predicted octanol–water partition coefficient (Wildman–Crippen LogP) is 3.51. The summed E-state index contributed by atoms with van der Waals surface area (Å²) in [5.41, 5.74) is 6.50. The van der Waals surface area contributed by atoms with Gasteiger partial charge in [-0.15, -0.1) is 13.2 Å². The first-order valence-electron chi connectivity index (χ1n) is 7.30. The average Bonchev–Trinajstić information content (AvgIpc) is 2.44. The fourth-order valence-electron chi connectivity index (χ4n) is 2.78. The molecule has 2 rings (SSSR count). The van der Waals surface area contributed by atoms with Crippen LogP contribution in [0.5, 0.6) is 5.75 Å². The van der Waals surface area contributed by atoms with Gasteiger partial charge in [-0.2, -0.15) is 0 Å². The number of benzene rings is 1. The Labute approximate surface area is 122 Å². The van der Waals surface area contributed by atoms with E-state index in [0.29, 0.717) is 12.6 Å². The molecule has 118 valence electrons. The van der Waals surface area contributed by atoms with E-state index in [0.717, 1.165) is 18.4 Å². The quantitative estimate of drug-likeness (QED) is 0.875. The molecule has 0 radical (unpaired) electrons. The van der Waals surface area contributed by atoms with Crippen LogP contribution in [0.4, 0.5) is 13.2 Å². The van der Waals surface area contributed by atoms with Gasteiger partial charge in [0.1, 0.15) is 5.75 Å². The minimum atomic E-state index is -4.67. The first-order valence-corrected chi connectivity index (χ1v) is 7.30. The molecule has 6 heteroatoms. The maximum atomic E-state index is 12.3. The van der Waals surface area contributed by atoms with Crippen LogP contribution in [0.25, 0.3) is 0 Å². The molecule has 0 spiro atoms. The lowest BCUT2D eigenvalue weighted by Crippen LogP contribution is -2.37. The Kier molecular flexibility index (Phi) is 5.47. The number of rotatable bonds is 5. The van der Waals surface area contributed by atoms with Crippen molar-refractivity contribution in [3.8, 4) is 5.75 Å². The molecule has 3 nitrogen and oxygen atoms in total. The van der Waals surface area contributed by atoms with Gasteiger partial charge in [-0.25, -0.2) is 0 Å². The van der Waals surface area contributed by atoms with Crippen molar-refractivity contribution in [2.45, 2.75) is 50.6 Å². The van der Waals surface area contributed by atoms with Crippen molar-refractivity contribution < 1.29 is 17.9 Å². The number of hydrogen-bond donors (Lipinski definition) is 2. The molecule has 3 N–H and O–H groups in total. The molecule has 0 bridgehead atoms. The van der Waals surface area contributed by atoms with Crippen molar-refractivity contribution in [2.24, 2.45) is 5.73 Å². The van der Waals surface area contributed by atoms with Gasteiger partial charge < -0.3 is 15.8 Å². The lowest BCUT2D eigenvalue weighted by atomic mass is 9.94. The maximum absolute atomic E-state index is 12.3. The largest absolute Gasteiger partial charge is 0.573 e. The molecule has 1 atom stereocenters. The summed E-state index contributed by atoms with van der Waals surface area (Å²) in [5.74, 6) is -0.205. The maximum Gasteiger partial charge on any atom is 0.573 e. The number of ether oxygens (including phenoxy) is 1. The Bertz CT molecular complexity index is 445. The van der Waals surface area contributed by atoms with Gasteiger partial charge in [0.25, 0.3) is 0 Å². The lowest BCUT2D eigenvalue weighted by molar-refractivity contribution is -0.274. The number of nitrogens with two attached hydrogens (primary N) is 1. The van der Waals surface area contributed by atoms with Crippen LogP contribution in [-0.2, 0) is 0 Å². The molecule has 1 aromatic carbocycles. The molecule has 1 aliphatic carbocycles. The SMILES string of the molecule is NCC(NC1CCCCC1)c1cccc(OC(F)(F)F)c1. The van der Waals surface area contributed by atoms with Crippen LogP contribution in [0.2, 0.25) is 0 Å². The third kappa shape index (κ3) is 5.21. The summed E-state index contributed by atoms with van der Waals surface area (Å²) in [6.07, 6.45) is 1.14. The molecule has 0 amide bonds. The number of nitrogens with one attached hydrogen (secondary N) is 1. The second kappa shape index (κ2) is 7.13. The first-order chi connectivity index (χ1) is 9.98. The normalized spacial score (nSPS) is 18.5. The fraction of sp³-hybridized carbons (Fsp3) is 0.600. The minimum Gasteiger partial charge on any atom is -0.406 e. The molecular weight excluding hydrogens is 281 g/mol. The Hall–Kier alpha value is -1.27. The van der Waals surface area contributed by atoms with Gasteiger partial charge in [0.2, 0.25) is 0 Å². The second-order valence-corrected chi connectivity index (χ2v) is 5.41. The highest BCUT2D eigenvalue weighted by atomic mass is 19.4. The molecule has 0 aromatic heterocycles. The van der Waals surface area contributed by atoms with Crippen LogP contribution in [0.3, 0.4) is 0 Å². The molecule has 0 aliphatic heterocycles. The van der Waals surface area contributed by atoms with Gasteiger partial charge in [0.15, 0.2) is 0 Å². The summed E-state index contributed by atoms with van der Waals surface area (Å²) in [6, 6.07) is 6.27. The molecule has 0 saturated heterocycles. The van der Waals surface area contributed by atoms with Gasteiger partial charge >= 0.3 is 6.36 Å². The standard InChI is InChI=1S/C15H21F3N2O/c16-15(17,18)21-13-8-4-5-11(9-13)14(10-19)20-12-6-2-1-3-7-12/h4-5,8-9,12,14,20H,1-3,6-7,10,19H2. The highest BCUT2D eigenvalue weighted by molar-refractivity contribution is 5.31. The number of halogens is 3. The van der Waals surface area contributed by atoms with E-state index in [2.05, 4.69) is 10.1 Å². The smallest absolute Gasteiger partial charge is 0.406 e. The molecule has 0 heterocycles. The van der Waals surface area contributed by atoms with E-state index >= 15 is 0 Å². The van der Waals surface area contributed by atoms with Crippen LogP contribution in [0, 0.1) is 0 Å².